The fourth-order valence-electron chi connectivity index (χ4n) is 4.21. The maximum absolute atomic E-state index is 7.43. The molecule has 0 aliphatic heterocycles. The average molecular weight is 594 g/mol. The molecule has 0 fully saturated rings. The summed E-state index contributed by atoms with van der Waals surface area (Å²) in [6.07, 6.45) is 0. The van der Waals surface area contributed by atoms with Crippen molar-refractivity contribution in [2.75, 3.05) is 0 Å². The Bertz CT molecular complexity index is 1590. The van der Waals surface area contributed by atoms with E-state index in [4.69, 9.17) is 33.8 Å². The molecule has 0 unspecified atom stereocenters. The molecule has 0 heterocycles. The lowest BCUT2D eigenvalue weighted by atomic mass is 9.86. The zero-order valence-corrected chi connectivity index (χ0v) is 27.8. The first-order valence-electron chi connectivity index (χ1n) is 14.7. The third-order valence-electron chi connectivity index (χ3n) is 7.07. The molecule has 0 atom stereocenters. The van der Waals surface area contributed by atoms with Gasteiger partial charge in [0.05, 0.1) is 5.69 Å². The fourth-order valence-corrected chi connectivity index (χ4v) is 4.21. The fraction of sp³-hybridized carbons (Fsp3) is 0.324. The standard InChI is InChI=1S/C15H18N2.C11H17N3.C11H16N2/c1-15(2,3)13-7-6-10-8-12(14(16)17)5-4-11(10)9-13;1-11(2,3)8-4-6-9(7-5-8)14-10(12)13;1-11(2,3)9-6-4-8(5-7-9)10(12)13/h4-9H,1-3H3,(H3,16,17);4-7H,1-3H3,(H4,12,13,14);4-7H,1-3H3,(H3,12,13). The van der Waals surface area contributed by atoms with E-state index in [1.165, 1.54) is 22.1 Å². The van der Waals surface area contributed by atoms with Crippen LogP contribution in [0.2, 0.25) is 0 Å². The van der Waals surface area contributed by atoms with Gasteiger partial charge in [-0.15, -0.1) is 0 Å². The number of nitrogens with zero attached hydrogens (tertiary/aromatic N) is 1. The van der Waals surface area contributed by atoms with Gasteiger partial charge in [0, 0.05) is 11.1 Å². The summed E-state index contributed by atoms with van der Waals surface area (Å²) in [6, 6.07) is 28.1. The number of benzene rings is 4. The molecule has 0 amide bonds. The maximum atomic E-state index is 7.43. The molecule has 0 bridgehead atoms. The molecule has 10 N–H and O–H groups in total. The first kappa shape index (κ1) is 35.5. The molecule has 0 radical (unpaired) electrons. The van der Waals surface area contributed by atoms with Crippen LogP contribution in [0.25, 0.3) is 10.8 Å². The predicted octanol–water partition coefficient (Wildman–Crippen LogP) is 7.58. The van der Waals surface area contributed by atoms with Crippen molar-refractivity contribution in [3.05, 3.63) is 113 Å². The van der Waals surface area contributed by atoms with Gasteiger partial charge in [-0.2, -0.15) is 0 Å². The second kappa shape index (κ2) is 14.2. The van der Waals surface area contributed by atoms with E-state index in [2.05, 4.69) is 85.5 Å². The first-order chi connectivity index (χ1) is 20.2. The van der Waals surface area contributed by atoms with E-state index in [9.17, 15) is 0 Å². The Morgan fingerprint density at radius 2 is 0.841 bits per heavy atom. The molecule has 0 spiro atoms. The van der Waals surface area contributed by atoms with Crippen molar-refractivity contribution < 1.29 is 0 Å². The quantitative estimate of drug-likeness (QED) is 0.107. The SMILES string of the molecule is CC(C)(C)c1ccc(C(=N)N)cc1.CC(C)(C)c1ccc(N=C(N)N)cc1.CC(C)(C)c1ccc2cc(C(=N)N)ccc2c1. The average Bonchev–Trinajstić information content (AvgIpc) is 2.91. The predicted molar refractivity (Wildman–Crippen MR) is 190 cm³/mol. The summed E-state index contributed by atoms with van der Waals surface area (Å²) in [5.41, 5.74) is 28.1. The Morgan fingerprint density at radius 1 is 0.477 bits per heavy atom. The number of hydrogen-bond donors (Lipinski definition) is 6. The summed E-state index contributed by atoms with van der Waals surface area (Å²) in [6.45, 7) is 19.6. The summed E-state index contributed by atoms with van der Waals surface area (Å²) < 4.78 is 0. The molecule has 4 aromatic carbocycles. The molecular formula is C37H51N7. The van der Waals surface area contributed by atoms with Gasteiger partial charge in [0.2, 0.25) is 0 Å². The summed E-state index contributed by atoms with van der Waals surface area (Å²) >= 11 is 0. The van der Waals surface area contributed by atoms with Crippen molar-refractivity contribution in [1.82, 2.24) is 0 Å². The van der Waals surface area contributed by atoms with Crippen LogP contribution in [-0.4, -0.2) is 17.6 Å². The number of nitrogens with two attached hydrogens (primary N) is 4. The minimum atomic E-state index is 0.0912. The smallest absolute Gasteiger partial charge is 0.191 e. The highest BCUT2D eigenvalue weighted by atomic mass is 15.0. The Balaban J connectivity index is 0.000000233. The van der Waals surface area contributed by atoms with Crippen LogP contribution in [0.3, 0.4) is 0 Å². The number of fused-ring (bicyclic) bond motifs is 1. The molecule has 4 aromatic rings. The monoisotopic (exact) mass is 593 g/mol. The molecule has 4 rings (SSSR count). The lowest BCUT2D eigenvalue weighted by Crippen LogP contribution is -2.21. The van der Waals surface area contributed by atoms with Crippen molar-refractivity contribution in [2.45, 2.75) is 78.6 Å². The third-order valence-corrected chi connectivity index (χ3v) is 7.07. The van der Waals surface area contributed by atoms with Crippen LogP contribution in [0.4, 0.5) is 5.69 Å². The number of rotatable bonds is 3. The van der Waals surface area contributed by atoms with E-state index in [1.807, 2.05) is 66.7 Å². The molecule has 7 heteroatoms. The van der Waals surface area contributed by atoms with Crippen molar-refractivity contribution in [3.8, 4) is 0 Å². The van der Waals surface area contributed by atoms with Crippen LogP contribution in [0.15, 0.2) is 89.9 Å². The number of nitrogens with one attached hydrogen (secondary N) is 2. The molecular weight excluding hydrogens is 542 g/mol. The van der Waals surface area contributed by atoms with Gasteiger partial charge in [-0.25, -0.2) is 4.99 Å². The second-order valence-electron chi connectivity index (χ2n) is 14.0. The van der Waals surface area contributed by atoms with Crippen molar-refractivity contribution in [1.29, 1.82) is 10.8 Å². The number of guanidine groups is 1. The van der Waals surface area contributed by atoms with Crippen LogP contribution in [0.5, 0.6) is 0 Å². The highest BCUT2D eigenvalue weighted by molar-refractivity contribution is 5.99. The van der Waals surface area contributed by atoms with Crippen LogP contribution in [0, 0.1) is 10.8 Å². The van der Waals surface area contributed by atoms with Gasteiger partial charge < -0.3 is 22.9 Å². The van der Waals surface area contributed by atoms with Gasteiger partial charge >= 0.3 is 0 Å². The molecule has 0 aliphatic carbocycles. The van der Waals surface area contributed by atoms with Gasteiger partial charge in [0.25, 0.3) is 0 Å². The first-order valence-corrected chi connectivity index (χ1v) is 14.7. The Kier molecular flexibility index (Phi) is 11.5. The van der Waals surface area contributed by atoms with Crippen LogP contribution in [-0.2, 0) is 16.2 Å². The van der Waals surface area contributed by atoms with Crippen molar-refractivity contribution in [3.63, 3.8) is 0 Å². The van der Waals surface area contributed by atoms with Crippen LogP contribution in [0.1, 0.15) is 90.1 Å². The highest BCUT2D eigenvalue weighted by Gasteiger charge is 2.15. The van der Waals surface area contributed by atoms with Crippen LogP contribution >= 0.6 is 0 Å². The molecule has 44 heavy (non-hydrogen) atoms. The van der Waals surface area contributed by atoms with E-state index in [0.717, 1.165) is 22.2 Å². The Labute approximate surface area is 263 Å². The van der Waals surface area contributed by atoms with E-state index >= 15 is 0 Å². The summed E-state index contributed by atoms with van der Waals surface area (Å²) in [4.78, 5) is 3.95. The van der Waals surface area contributed by atoms with Crippen molar-refractivity contribution in [2.24, 2.45) is 27.9 Å². The molecule has 0 saturated carbocycles. The van der Waals surface area contributed by atoms with E-state index in [-0.39, 0.29) is 33.9 Å². The van der Waals surface area contributed by atoms with E-state index < -0.39 is 0 Å². The normalized spacial score (nSPS) is 11.4. The highest BCUT2D eigenvalue weighted by Crippen LogP contribution is 2.27. The zero-order chi connectivity index (χ0) is 33.5. The van der Waals surface area contributed by atoms with E-state index in [1.54, 1.807) is 0 Å². The lowest BCUT2D eigenvalue weighted by molar-refractivity contribution is 0.590. The van der Waals surface area contributed by atoms with Gasteiger partial charge in [-0.05, 0) is 61.9 Å². The molecule has 0 saturated heterocycles. The van der Waals surface area contributed by atoms with Crippen molar-refractivity contribution >= 4 is 34.1 Å². The number of hydrogen-bond acceptors (Lipinski definition) is 3. The Hall–Kier alpha value is -4.65. The number of aliphatic imine (C=N–C) groups is 1. The molecule has 234 valence electrons. The molecule has 7 nitrogen and oxygen atoms in total. The summed E-state index contributed by atoms with van der Waals surface area (Å²) in [5.74, 6) is 0.334. The number of amidine groups is 2. The largest absolute Gasteiger partial charge is 0.384 e. The lowest BCUT2D eigenvalue weighted by Gasteiger charge is -2.19. The van der Waals surface area contributed by atoms with Crippen LogP contribution < -0.4 is 22.9 Å². The maximum Gasteiger partial charge on any atom is 0.191 e. The van der Waals surface area contributed by atoms with Gasteiger partial charge in [-0.1, -0.05) is 129 Å². The van der Waals surface area contributed by atoms with E-state index in [0.29, 0.717) is 0 Å². The minimum absolute atomic E-state index is 0.0912. The minimum Gasteiger partial charge on any atom is -0.384 e. The van der Waals surface area contributed by atoms with Gasteiger partial charge in [-0.3, -0.25) is 10.8 Å². The zero-order valence-electron chi connectivity index (χ0n) is 27.8. The number of nitrogen functional groups attached to an aromatic ring is 2. The third kappa shape index (κ3) is 10.9. The molecule has 0 aliphatic rings. The molecule has 0 aromatic heterocycles. The summed E-state index contributed by atoms with van der Waals surface area (Å²) in [5, 5.41) is 17.0. The van der Waals surface area contributed by atoms with Gasteiger partial charge in [0.15, 0.2) is 5.96 Å². The summed E-state index contributed by atoms with van der Waals surface area (Å²) in [7, 11) is 0. The second-order valence-corrected chi connectivity index (χ2v) is 14.0. The Morgan fingerprint density at radius 3 is 1.25 bits per heavy atom. The topological polar surface area (TPSA) is 164 Å². The van der Waals surface area contributed by atoms with Gasteiger partial charge in [0.1, 0.15) is 11.7 Å².